The van der Waals surface area contributed by atoms with Crippen LogP contribution in [0.5, 0.6) is 0 Å². The maximum atomic E-state index is 6.12. The quantitative estimate of drug-likeness (QED) is 0.804. The van der Waals surface area contributed by atoms with Crippen LogP contribution in [-0.2, 0) is 6.54 Å². The topological polar surface area (TPSA) is 12.0 Å². The smallest absolute Gasteiger partial charge is 0.0410 e. The molecule has 0 aliphatic rings. The van der Waals surface area contributed by atoms with Gasteiger partial charge in [0.2, 0.25) is 0 Å². The van der Waals surface area contributed by atoms with Crippen molar-refractivity contribution in [3.8, 4) is 0 Å². The fourth-order valence-electron chi connectivity index (χ4n) is 1.83. The lowest BCUT2D eigenvalue weighted by atomic mass is 10.2. The Morgan fingerprint density at radius 2 is 1.80 bits per heavy atom. The average Bonchev–Trinajstić information content (AvgIpc) is 2.41. The summed E-state index contributed by atoms with van der Waals surface area (Å²) in [5, 5.41) is 4.24. The Balaban J connectivity index is 2.19. The van der Waals surface area contributed by atoms with Crippen LogP contribution in [0.15, 0.2) is 52.3 Å². The third kappa shape index (κ3) is 4.55. The molecule has 3 heteroatoms. The first kappa shape index (κ1) is 15.4. The highest BCUT2D eigenvalue weighted by atomic mass is 35.5. The first-order chi connectivity index (χ1) is 9.54. The van der Waals surface area contributed by atoms with Crippen molar-refractivity contribution >= 4 is 23.4 Å². The number of aryl methyl sites for hydroxylation is 1. The Morgan fingerprint density at radius 3 is 2.45 bits per heavy atom. The maximum Gasteiger partial charge on any atom is 0.0410 e. The van der Waals surface area contributed by atoms with Crippen molar-refractivity contribution in [1.82, 2.24) is 5.32 Å². The molecule has 2 aromatic rings. The number of rotatable bonds is 5. The van der Waals surface area contributed by atoms with Crippen LogP contribution in [0.1, 0.15) is 25.0 Å². The third-order valence-electron chi connectivity index (χ3n) is 2.97. The second-order valence-corrected chi connectivity index (χ2v) is 6.75. The molecule has 0 saturated heterocycles. The van der Waals surface area contributed by atoms with E-state index in [9.17, 15) is 0 Å². The number of benzene rings is 2. The van der Waals surface area contributed by atoms with Crippen LogP contribution < -0.4 is 5.32 Å². The van der Waals surface area contributed by atoms with Crippen LogP contribution in [0.25, 0.3) is 0 Å². The summed E-state index contributed by atoms with van der Waals surface area (Å²) in [5.74, 6) is 0. The van der Waals surface area contributed by atoms with E-state index >= 15 is 0 Å². The summed E-state index contributed by atoms with van der Waals surface area (Å²) >= 11 is 7.90. The van der Waals surface area contributed by atoms with E-state index in [0.29, 0.717) is 6.04 Å². The zero-order chi connectivity index (χ0) is 14.5. The summed E-state index contributed by atoms with van der Waals surface area (Å²) in [6, 6.07) is 15.2. The van der Waals surface area contributed by atoms with Crippen molar-refractivity contribution in [2.24, 2.45) is 0 Å². The van der Waals surface area contributed by atoms with Gasteiger partial charge in [-0.2, -0.15) is 0 Å². The van der Waals surface area contributed by atoms with E-state index in [-0.39, 0.29) is 0 Å². The van der Waals surface area contributed by atoms with Gasteiger partial charge in [-0.05, 0) is 42.8 Å². The van der Waals surface area contributed by atoms with Crippen molar-refractivity contribution in [2.75, 3.05) is 0 Å². The van der Waals surface area contributed by atoms with Crippen LogP contribution in [0.2, 0.25) is 5.02 Å². The molecule has 0 fully saturated rings. The summed E-state index contributed by atoms with van der Waals surface area (Å²) in [5.41, 5.74) is 2.53. The number of hydrogen-bond acceptors (Lipinski definition) is 2. The van der Waals surface area contributed by atoms with Gasteiger partial charge in [0.15, 0.2) is 0 Å². The van der Waals surface area contributed by atoms with Crippen LogP contribution in [-0.4, -0.2) is 6.04 Å². The van der Waals surface area contributed by atoms with Gasteiger partial charge in [-0.1, -0.05) is 54.9 Å². The molecule has 0 atom stereocenters. The fraction of sp³-hybridized carbons (Fsp3) is 0.294. The van der Waals surface area contributed by atoms with Crippen LogP contribution in [0.3, 0.4) is 0 Å². The molecule has 0 spiro atoms. The molecule has 20 heavy (non-hydrogen) atoms. The van der Waals surface area contributed by atoms with Gasteiger partial charge in [-0.25, -0.2) is 0 Å². The monoisotopic (exact) mass is 305 g/mol. The summed E-state index contributed by atoms with van der Waals surface area (Å²) < 4.78 is 0. The van der Waals surface area contributed by atoms with Crippen molar-refractivity contribution in [3.05, 3.63) is 58.6 Å². The van der Waals surface area contributed by atoms with Gasteiger partial charge in [-0.15, -0.1) is 0 Å². The van der Waals surface area contributed by atoms with Gasteiger partial charge in [-0.3, -0.25) is 0 Å². The minimum Gasteiger partial charge on any atom is -0.310 e. The molecular formula is C17H20ClNS. The molecule has 1 N–H and O–H groups in total. The predicted octanol–water partition coefficient (Wildman–Crippen LogP) is 5.30. The molecule has 0 unspecified atom stereocenters. The highest BCUT2D eigenvalue weighted by molar-refractivity contribution is 7.99. The van der Waals surface area contributed by atoms with Gasteiger partial charge in [0.05, 0.1) is 0 Å². The van der Waals surface area contributed by atoms with E-state index in [1.807, 2.05) is 12.1 Å². The van der Waals surface area contributed by atoms with Crippen molar-refractivity contribution < 1.29 is 0 Å². The van der Waals surface area contributed by atoms with E-state index in [1.165, 1.54) is 20.9 Å². The predicted molar refractivity (Wildman–Crippen MR) is 88.7 cm³/mol. The van der Waals surface area contributed by atoms with E-state index in [0.717, 1.165) is 11.6 Å². The normalized spacial score (nSPS) is 11.1. The lowest BCUT2D eigenvalue weighted by molar-refractivity contribution is 0.585. The number of halogens is 1. The molecule has 2 rings (SSSR count). The van der Waals surface area contributed by atoms with Crippen molar-refractivity contribution in [2.45, 2.75) is 43.1 Å². The van der Waals surface area contributed by atoms with Crippen molar-refractivity contribution in [1.29, 1.82) is 0 Å². The Kier molecular flexibility index (Phi) is 5.53. The number of hydrogen-bond donors (Lipinski definition) is 1. The van der Waals surface area contributed by atoms with E-state index in [1.54, 1.807) is 11.8 Å². The minimum atomic E-state index is 0.464. The standard InChI is InChI=1S/C17H20ClNS/c1-12(2)19-11-14-10-15(18)6-9-17(14)20-16-7-4-13(3)5-8-16/h4-10,12,19H,11H2,1-3H3. The molecule has 0 radical (unpaired) electrons. The summed E-state index contributed by atoms with van der Waals surface area (Å²) in [7, 11) is 0. The highest BCUT2D eigenvalue weighted by Crippen LogP contribution is 2.32. The summed E-state index contributed by atoms with van der Waals surface area (Å²) in [6.07, 6.45) is 0. The zero-order valence-corrected chi connectivity index (χ0v) is 13.7. The van der Waals surface area contributed by atoms with E-state index in [4.69, 9.17) is 11.6 Å². The van der Waals surface area contributed by atoms with Crippen molar-refractivity contribution in [3.63, 3.8) is 0 Å². The average molecular weight is 306 g/mol. The lowest BCUT2D eigenvalue weighted by Crippen LogP contribution is -2.22. The number of nitrogens with one attached hydrogen (secondary N) is 1. The first-order valence-electron chi connectivity index (χ1n) is 6.81. The zero-order valence-electron chi connectivity index (χ0n) is 12.1. The van der Waals surface area contributed by atoms with Crippen LogP contribution >= 0.6 is 23.4 Å². The van der Waals surface area contributed by atoms with Crippen LogP contribution in [0.4, 0.5) is 0 Å². The molecule has 0 amide bonds. The molecule has 0 aromatic heterocycles. The van der Waals surface area contributed by atoms with Gasteiger partial charge >= 0.3 is 0 Å². The molecule has 0 saturated carbocycles. The Bertz CT molecular complexity index is 564. The van der Waals surface area contributed by atoms with Gasteiger partial charge in [0.1, 0.15) is 0 Å². The molecule has 0 aliphatic heterocycles. The summed E-state index contributed by atoms with van der Waals surface area (Å²) in [4.78, 5) is 2.51. The molecule has 106 valence electrons. The van der Waals surface area contributed by atoms with Gasteiger partial charge < -0.3 is 5.32 Å². The Hall–Kier alpha value is -0.960. The van der Waals surface area contributed by atoms with Gasteiger partial charge in [0.25, 0.3) is 0 Å². The fourth-order valence-corrected chi connectivity index (χ4v) is 2.95. The molecular weight excluding hydrogens is 286 g/mol. The van der Waals surface area contributed by atoms with E-state index < -0.39 is 0 Å². The molecule has 0 bridgehead atoms. The molecule has 1 nitrogen and oxygen atoms in total. The second kappa shape index (κ2) is 7.16. The summed E-state index contributed by atoms with van der Waals surface area (Å²) in [6.45, 7) is 7.25. The van der Waals surface area contributed by atoms with E-state index in [2.05, 4.69) is 56.4 Å². The SMILES string of the molecule is Cc1ccc(Sc2ccc(Cl)cc2CNC(C)C)cc1. The van der Waals surface area contributed by atoms with Crippen LogP contribution in [0, 0.1) is 6.92 Å². The Labute approximate surface area is 130 Å². The lowest BCUT2D eigenvalue weighted by Gasteiger charge is -2.13. The highest BCUT2D eigenvalue weighted by Gasteiger charge is 2.06. The Morgan fingerprint density at radius 1 is 1.10 bits per heavy atom. The maximum absolute atomic E-state index is 6.12. The molecule has 0 heterocycles. The minimum absolute atomic E-state index is 0.464. The third-order valence-corrected chi connectivity index (χ3v) is 4.33. The second-order valence-electron chi connectivity index (χ2n) is 5.20. The van der Waals surface area contributed by atoms with Gasteiger partial charge in [0, 0.05) is 27.4 Å². The largest absolute Gasteiger partial charge is 0.310 e. The molecule has 2 aromatic carbocycles. The first-order valence-corrected chi connectivity index (χ1v) is 8.00. The molecule has 0 aliphatic carbocycles.